The number of halogens is 1. The number of rotatable bonds is 5. The van der Waals surface area contributed by atoms with E-state index in [9.17, 15) is 0 Å². The highest BCUT2D eigenvalue weighted by Gasteiger charge is 2.23. The van der Waals surface area contributed by atoms with Crippen molar-refractivity contribution < 1.29 is 0 Å². The van der Waals surface area contributed by atoms with E-state index in [-0.39, 0.29) is 6.04 Å². The molecule has 0 amide bonds. The van der Waals surface area contributed by atoms with Crippen LogP contribution in [0, 0.1) is 6.92 Å². The summed E-state index contributed by atoms with van der Waals surface area (Å²) in [5.41, 5.74) is 3.57. The number of aryl methyl sites for hydroxylation is 1. The molecule has 0 aromatic carbocycles. The Hall–Kier alpha value is -1.20. The van der Waals surface area contributed by atoms with Crippen LogP contribution in [0.25, 0.3) is 0 Å². The maximum absolute atomic E-state index is 4.48. The van der Waals surface area contributed by atoms with Gasteiger partial charge in [0, 0.05) is 18.4 Å². The van der Waals surface area contributed by atoms with E-state index in [0.29, 0.717) is 6.04 Å². The van der Waals surface area contributed by atoms with Crippen LogP contribution in [-0.2, 0) is 0 Å². The third-order valence-corrected chi connectivity index (χ3v) is 3.96. The topological polar surface area (TPSA) is 42.7 Å². The van der Waals surface area contributed by atoms with Crippen LogP contribution in [0.1, 0.15) is 49.7 Å². The third-order valence-electron chi connectivity index (χ3n) is 3.35. The van der Waals surface area contributed by atoms with Gasteiger partial charge in [-0.1, -0.05) is 6.92 Å². The molecule has 4 nitrogen and oxygen atoms in total. The Morgan fingerprint density at radius 2 is 2.10 bits per heavy atom. The van der Waals surface area contributed by atoms with Gasteiger partial charge in [0.1, 0.15) is 0 Å². The molecular formula is C15H21BrN4. The average Bonchev–Trinajstić information content (AvgIpc) is 2.79. The average molecular weight is 337 g/mol. The molecule has 0 saturated heterocycles. The number of pyridine rings is 1. The van der Waals surface area contributed by atoms with E-state index in [1.807, 2.05) is 24.7 Å². The van der Waals surface area contributed by atoms with Gasteiger partial charge in [-0.25, -0.2) is 0 Å². The smallest absolute Gasteiger partial charge is 0.0777 e. The molecular weight excluding hydrogens is 316 g/mol. The summed E-state index contributed by atoms with van der Waals surface area (Å²) in [6.07, 6.45) is 5.63. The number of hydrogen-bond donors (Lipinski definition) is 1. The molecule has 1 atom stereocenters. The molecule has 0 aliphatic carbocycles. The molecule has 0 fully saturated rings. The van der Waals surface area contributed by atoms with Gasteiger partial charge >= 0.3 is 0 Å². The van der Waals surface area contributed by atoms with E-state index >= 15 is 0 Å². The van der Waals surface area contributed by atoms with Crippen molar-refractivity contribution in [3.05, 3.63) is 46.0 Å². The van der Waals surface area contributed by atoms with Gasteiger partial charge in [-0.2, -0.15) is 5.10 Å². The summed E-state index contributed by atoms with van der Waals surface area (Å²) in [6, 6.07) is 2.45. The van der Waals surface area contributed by atoms with Crippen LogP contribution in [0.2, 0.25) is 0 Å². The zero-order valence-electron chi connectivity index (χ0n) is 12.4. The Bertz CT molecular complexity index is 577. The van der Waals surface area contributed by atoms with Crippen LogP contribution < -0.4 is 5.32 Å². The van der Waals surface area contributed by atoms with Gasteiger partial charge in [0.25, 0.3) is 0 Å². The maximum atomic E-state index is 4.48. The molecule has 20 heavy (non-hydrogen) atoms. The van der Waals surface area contributed by atoms with Gasteiger partial charge in [-0.15, -0.1) is 0 Å². The predicted molar refractivity (Wildman–Crippen MR) is 84.8 cm³/mol. The summed E-state index contributed by atoms with van der Waals surface area (Å²) in [7, 11) is 0. The van der Waals surface area contributed by atoms with Crippen molar-refractivity contribution >= 4 is 15.9 Å². The molecule has 108 valence electrons. The fraction of sp³-hybridized carbons (Fsp3) is 0.467. The second-order valence-electron chi connectivity index (χ2n) is 5.14. The standard InChI is InChI=1S/C15H21BrN4/c1-5-18-14(12-8-17-7-6-11(12)4)15-13(16)9-19-20(15)10(2)3/h6-10,14,18H,5H2,1-4H3. The lowest BCUT2D eigenvalue weighted by molar-refractivity contribution is 0.474. The molecule has 2 aromatic heterocycles. The third kappa shape index (κ3) is 2.94. The lowest BCUT2D eigenvalue weighted by Crippen LogP contribution is -2.26. The highest BCUT2D eigenvalue weighted by atomic mass is 79.9. The van der Waals surface area contributed by atoms with Gasteiger partial charge in [0.15, 0.2) is 0 Å². The Morgan fingerprint density at radius 3 is 2.70 bits per heavy atom. The zero-order valence-corrected chi connectivity index (χ0v) is 14.0. The minimum absolute atomic E-state index is 0.0907. The van der Waals surface area contributed by atoms with Crippen molar-refractivity contribution in [2.24, 2.45) is 0 Å². The molecule has 2 rings (SSSR count). The Labute approximate surface area is 128 Å². The lowest BCUT2D eigenvalue weighted by atomic mass is 10.0. The highest BCUT2D eigenvalue weighted by Crippen LogP contribution is 2.31. The van der Waals surface area contributed by atoms with E-state index in [4.69, 9.17) is 0 Å². The van der Waals surface area contributed by atoms with Crippen molar-refractivity contribution in [3.63, 3.8) is 0 Å². The van der Waals surface area contributed by atoms with Crippen LogP contribution in [0.4, 0.5) is 0 Å². The van der Waals surface area contributed by atoms with Gasteiger partial charge in [-0.05, 0) is 60.4 Å². The molecule has 0 bridgehead atoms. The summed E-state index contributed by atoms with van der Waals surface area (Å²) in [5, 5.41) is 8.03. The molecule has 0 aliphatic rings. The first-order valence-electron chi connectivity index (χ1n) is 6.93. The first-order chi connectivity index (χ1) is 9.56. The normalized spacial score (nSPS) is 12.9. The minimum Gasteiger partial charge on any atom is -0.305 e. The van der Waals surface area contributed by atoms with Crippen molar-refractivity contribution in [3.8, 4) is 0 Å². The van der Waals surface area contributed by atoms with E-state index < -0.39 is 0 Å². The van der Waals surface area contributed by atoms with Crippen molar-refractivity contribution in [1.29, 1.82) is 0 Å². The van der Waals surface area contributed by atoms with Crippen LogP contribution >= 0.6 is 15.9 Å². The van der Waals surface area contributed by atoms with Crippen LogP contribution in [0.5, 0.6) is 0 Å². The van der Waals surface area contributed by atoms with Gasteiger partial charge in [-0.3, -0.25) is 9.67 Å². The minimum atomic E-state index is 0.0907. The van der Waals surface area contributed by atoms with Crippen molar-refractivity contribution in [2.45, 2.75) is 39.8 Å². The Morgan fingerprint density at radius 1 is 1.35 bits per heavy atom. The van der Waals surface area contributed by atoms with Crippen LogP contribution in [0.15, 0.2) is 29.1 Å². The van der Waals surface area contributed by atoms with E-state index in [2.05, 4.69) is 63.7 Å². The molecule has 1 N–H and O–H groups in total. The van der Waals surface area contributed by atoms with E-state index in [1.54, 1.807) is 0 Å². The summed E-state index contributed by atoms with van der Waals surface area (Å²) in [5.74, 6) is 0. The monoisotopic (exact) mass is 336 g/mol. The zero-order chi connectivity index (χ0) is 14.7. The summed E-state index contributed by atoms with van der Waals surface area (Å²) < 4.78 is 3.09. The number of hydrogen-bond acceptors (Lipinski definition) is 3. The van der Waals surface area contributed by atoms with Gasteiger partial charge < -0.3 is 5.32 Å². The van der Waals surface area contributed by atoms with E-state index in [0.717, 1.165) is 16.7 Å². The quantitative estimate of drug-likeness (QED) is 0.906. The SMILES string of the molecule is CCNC(c1cnccc1C)c1c(Br)cnn1C(C)C. The molecule has 1 unspecified atom stereocenters. The predicted octanol–water partition coefficient (Wildman–Crippen LogP) is 3.63. The first kappa shape index (κ1) is 15.2. The number of aromatic nitrogens is 3. The number of nitrogens with one attached hydrogen (secondary N) is 1. The molecule has 0 aliphatic heterocycles. The Kier molecular flexibility index (Phi) is 4.94. The molecule has 2 heterocycles. The fourth-order valence-corrected chi connectivity index (χ4v) is 2.87. The molecule has 0 saturated carbocycles. The first-order valence-corrected chi connectivity index (χ1v) is 7.72. The second kappa shape index (κ2) is 6.50. The second-order valence-corrected chi connectivity index (χ2v) is 5.99. The van der Waals surface area contributed by atoms with Crippen LogP contribution in [-0.4, -0.2) is 21.3 Å². The Balaban J connectivity index is 2.55. The fourth-order valence-electron chi connectivity index (χ4n) is 2.37. The van der Waals surface area contributed by atoms with Crippen molar-refractivity contribution in [1.82, 2.24) is 20.1 Å². The van der Waals surface area contributed by atoms with Gasteiger partial charge in [0.05, 0.1) is 22.4 Å². The molecule has 2 aromatic rings. The summed E-state index contributed by atoms with van der Waals surface area (Å²) in [4.78, 5) is 4.28. The maximum Gasteiger partial charge on any atom is 0.0777 e. The summed E-state index contributed by atoms with van der Waals surface area (Å²) >= 11 is 3.63. The molecule has 0 radical (unpaired) electrons. The lowest BCUT2D eigenvalue weighted by Gasteiger charge is -2.23. The van der Waals surface area contributed by atoms with Gasteiger partial charge in [0.2, 0.25) is 0 Å². The van der Waals surface area contributed by atoms with E-state index in [1.165, 1.54) is 11.1 Å². The molecule has 5 heteroatoms. The largest absolute Gasteiger partial charge is 0.305 e. The summed E-state index contributed by atoms with van der Waals surface area (Å²) in [6.45, 7) is 9.40. The number of nitrogens with zero attached hydrogens (tertiary/aromatic N) is 3. The van der Waals surface area contributed by atoms with Crippen molar-refractivity contribution in [2.75, 3.05) is 6.54 Å². The highest BCUT2D eigenvalue weighted by molar-refractivity contribution is 9.10. The molecule has 0 spiro atoms. The van der Waals surface area contributed by atoms with Crippen LogP contribution in [0.3, 0.4) is 0 Å².